The molecule has 2 aromatic carbocycles. The number of hydrogen-bond acceptors (Lipinski definition) is 9. The van der Waals surface area contributed by atoms with E-state index >= 15 is 0 Å². The zero-order valence-corrected chi connectivity index (χ0v) is 19.2. The molecule has 36 heavy (non-hydrogen) atoms. The SMILES string of the molecule is C=NN(/C=N\C)c1ccc(-c2nnc(NC3N=C(c4ccccc4)c4ccccc4NC3=O)o2)cn1. The van der Waals surface area contributed by atoms with Gasteiger partial charge in [-0.3, -0.25) is 9.79 Å². The Labute approximate surface area is 206 Å². The quantitative estimate of drug-likeness (QED) is 0.236. The number of benzodiazepines with no additional fused rings is 1. The number of para-hydroxylation sites is 1. The zero-order chi connectivity index (χ0) is 24.9. The van der Waals surface area contributed by atoms with Gasteiger partial charge in [0.25, 0.3) is 11.8 Å². The Morgan fingerprint density at radius 2 is 1.86 bits per heavy atom. The number of carbonyl (C=O) groups is 1. The molecule has 0 spiro atoms. The number of nitrogens with one attached hydrogen (secondary N) is 2. The highest BCUT2D eigenvalue weighted by Gasteiger charge is 2.27. The van der Waals surface area contributed by atoms with Crippen LogP contribution in [0.2, 0.25) is 0 Å². The van der Waals surface area contributed by atoms with Gasteiger partial charge >= 0.3 is 6.01 Å². The normalized spacial score (nSPS) is 15.0. The van der Waals surface area contributed by atoms with Crippen LogP contribution in [-0.4, -0.2) is 53.1 Å². The lowest BCUT2D eigenvalue weighted by atomic mass is 10.0. The van der Waals surface area contributed by atoms with Crippen molar-refractivity contribution in [2.75, 3.05) is 22.7 Å². The van der Waals surface area contributed by atoms with E-state index in [9.17, 15) is 4.79 Å². The average molecular weight is 480 g/mol. The highest BCUT2D eigenvalue weighted by Crippen LogP contribution is 2.26. The van der Waals surface area contributed by atoms with Gasteiger partial charge in [-0.1, -0.05) is 53.6 Å². The van der Waals surface area contributed by atoms with E-state index in [4.69, 9.17) is 9.41 Å². The van der Waals surface area contributed by atoms with E-state index in [0.717, 1.165) is 11.1 Å². The number of aromatic nitrogens is 3. The summed E-state index contributed by atoms with van der Waals surface area (Å²) in [5.74, 6) is 0.395. The van der Waals surface area contributed by atoms with Crippen molar-refractivity contribution < 1.29 is 9.21 Å². The number of carbonyl (C=O) groups excluding carboxylic acids is 1. The maximum Gasteiger partial charge on any atom is 0.317 e. The van der Waals surface area contributed by atoms with Crippen molar-refractivity contribution in [2.45, 2.75) is 6.17 Å². The maximum atomic E-state index is 13.0. The van der Waals surface area contributed by atoms with Crippen molar-refractivity contribution in [1.29, 1.82) is 0 Å². The monoisotopic (exact) mass is 479 g/mol. The molecule has 1 atom stereocenters. The molecule has 178 valence electrons. The molecule has 2 aromatic heterocycles. The summed E-state index contributed by atoms with van der Waals surface area (Å²) in [4.78, 5) is 26.0. The van der Waals surface area contributed by atoms with Crippen molar-refractivity contribution in [2.24, 2.45) is 15.1 Å². The lowest BCUT2D eigenvalue weighted by Crippen LogP contribution is -2.32. The fourth-order valence-electron chi connectivity index (χ4n) is 3.62. The number of anilines is 3. The van der Waals surface area contributed by atoms with E-state index in [1.807, 2.05) is 54.6 Å². The van der Waals surface area contributed by atoms with E-state index in [1.54, 1.807) is 25.4 Å². The van der Waals surface area contributed by atoms with Gasteiger partial charge in [-0.25, -0.2) is 15.0 Å². The molecule has 2 N–H and O–H groups in total. The Balaban J connectivity index is 1.41. The van der Waals surface area contributed by atoms with E-state index < -0.39 is 6.17 Å². The molecule has 0 fully saturated rings. The number of pyridine rings is 1. The van der Waals surface area contributed by atoms with Gasteiger partial charge in [0, 0.05) is 31.1 Å². The van der Waals surface area contributed by atoms with Crippen LogP contribution in [-0.2, 0) is 4.79 Å². The molecule has 11 heteroatoms. The molecular weight excluding hydrogens is 458 g/mol. The van der Waals surface area contributed by atoms with Crippen molar-refractivity contribution in [1.82, 2.24) is 15.2 Å². The van der Waals surface area contributed by atoms with Crippen LogP contribution in [0.5, 0.6) is 0 Å². The number of rotatable bonds is 7. The summed E-state index contributed by atoms with van der Waals surface area (Å²) >= 11 is 0. The lowest BCUT2D eigenvalue weighted by Gasteiger charge is -2.11. The first-order valence-corrected chi connectivity index (χ1v) is 10.9. The van der Waals surface area contributed by atoms with Gasteiger partial charge in [0.15, 0.2) is 5.82 Å². The Bertz CT molecular complexity index is 1450. The molecule has 11 nitrogen and oxygen atoms in total. The smallest absolute Gasteiger partial charge is 0.317 e. The van der Waals surface area contributed by atoms with Gasteiger partial charge in [0.05, 0.1) is 17.0 Å². The van der Waals surface area contributed by atoms with Crippen LogP contribution in [0.1, 0.15) is 11.1 Å². The highest BCUT2D eigenvalue weighted by atomic mass is 16.4. The van der Waals surface area contributed by atoms with Crippen LogP contribution in [0, 0.1) is 0 Å². The number of nitrogens with zero attached hydrogens (tertiary/aromatic N) is 7. The van der Waals surface area contributed by atoms with Gasteiger partial charge in [0.2, 0.25) is 6.17 Å². The predicted octanol–water partition coefficient (Wildman–Crippen LogP) is 3.44. The number of aliphatic imine (C=N–C) groups is 2. The van der Waals surface area contributed by atoms with E-state index in [1.165, 1.54) is 11.3 Å². The standard InChI is InChI=1S/C25H21N9O2/c1-26-15-34(27-2)20-13-12-17(14-28-20)24-32-33-25(36-24)31-22-23(35)29-19-11-7-6-10-18(19)21(30-22)16-8-4-3-5-9-16/h3-15,22H,2H2,1H3,(H,29,35)(H,31,33)/b26-15-. The minimum absolute atomic E-state index is 0.0452. The molecule has 4 aromatic rings. The van der Waals surface area contributed by atoms with E-state index in [-0.39, 0.29) is 17.8 Å². The molecule has 0 aliphatic carbocycles. The first-order valence-electron chi connectivity index (χ1n) is 10.9. The lowest BCUT2D eigenvalue weighted by molar-refractivity contribution is -0.116. The Kier molecular flexibility index (Phi) is 6.26. The van der Waals surface area contributed by atoms with E-state index in [0.29, 0.717) is 22.8 Å². The number of hydrogen-bond donors (Lipinski definition) is 2. The number of fused-ring (bicyclic) bond motifs is 1. The van der Waals surface area contributed by atoms with Crippen LogP contribution in [0.15, 0.2) is 92.4 Å². The fourth-order valence-corrected chi connectivity index (χ4v) is 3.62. The summed E-state index contributed by atoms with van der Waals surface area (Å²) in [6, 6.07) is 20.7. The molecule has 0 saturated carbocycles. The summed E-state index contributed by atoms with van der Waals surface area (Å²) < 4.78 is 5.76. The minimum Gasteiger partial charge on any atom is -0.403 e. The van der Waals surface area contributed by atoms with Gasteiger partial charge in [-0.05, 0) is 18.2 Å². The molecular formula is C25H21N9O2. The highest BCUT2D eigenvalue weighted by molar-refractivity contribution is 6.19. The third-order valence-electron chi connectivity index (χ3n) is 5.29. The van der Waals surface area contributed by atoms with Gasteiger partial charge < -0.3 is 15.1 Å². The molecule has 3 heterocycles. The topological polar surface area (TPSA) is 133 Å². The second kappa shape index (κ2) is 9.97. The number of amides is 1. The maximum absolute atomic E-state index is 13.0. The second-order valence-electron chi connectivity index (χ2n) is 7.60. The molecule has 1 unspecified atom stereocenters. The molecule has 0 radical (unpaired) electrons. The third-order valence-corrected chi connectivity index (χ3v) is 5.29. The molecule has 1 aliphatic rings. The fraction of sp³-hybridized carbons (Fsp3) is 0.0800. The van der Waals surface area contributed by atoms with E-state index in [2.05, 4.69) is 42.6 Å². The summed E-state index contributed by atoms with van der Waals surface area (Å²) in [5.41, 5.74) is 3.61. The Morgan fingerprint density at radius 1 is 1.06 bits per heavy atom. The second-order valence-corrected chi connectivity index (χ2v) is 7.60. The van der Waals surface area contributed by atoms with Crippen LogP contribution in [0.4, 0.5) is 17.5 Å². The summed E-state index contributed by atoms with van der Waals surface area (Å²) in [5, 5.41) is 19.2. The molecule has 5 rings (SSSR count). The molecule has 0 bridgehead atoms. The molecule has 1 amide bonds. The van der Waals surface area contributed by atoms with Crippen molar-refractivity contribution >= 4 is 42.2 Å². The Morgan fingerprint density at radius 3 is 2.61 bits per heavy atom. The Hall–Kier alpha value is -5.19. The van der Waals surface area contributed by atoms with Gasteiger partial charge in [0.1, 0.15) is 6.34 Å². The largest absolute Gasteiger partial charge is 0.403 e. The van der Waals surface area contributed by atoms with Crippen molar-refractivity contribution in [3.05, 3.63) is 84.1 Å². The first kappa shape index (κ1) is 22.6. The van der Waals surface area contributed by atoms with Gasteiger partial charge in [-0.15, -0.1) is 5.10 Å². The summed E-state index contributed by atoms with van der Waals surface area (Å²) in [6.45, 7) is 3.50. The first-order chi connectivity index (χ1) is 17.7. The zero-order valence-electron chi connectivity index (χ0n) is 19.2. The number of benzene rings is 2. The van der Waals surface area contributed by atoms with Crippen molar-refractivity contribution in [3.8, 4) is 11.5 Å². The molecule has 0 saturated heterocycles. The summed E-state index contributed by atoms with van der Waals surface area (Å²) in [6.07, 6.45) is 2.06. The number of hydrazone groups is 1. The van der Waals surface area contributed by atoms with Crippen LogP contribution in [0.25, 0.3) is 11.5 Å². The van der Waals surface area contributed by atoms with Crippen molar-refractivity contribution in [3.63, 3.8) is 0 Å². The van der Waals surface area contributed by atoms with Crippen LogP contribution < -0.4 is 15.6 Å². The summed E-state index contributed by atoms with van der Waals surface area (Å²) in [7, 11) is 1.62. The van der Waals surface area contributed by atoms with Crippen LogP contribution in [0.3, 0.4) is 0 Å². The third kappa shape index (κ3) is 4.57. The minimum atomic E-state index is -0.998. The predicted molar refractivity (Wildman–Crippen MR) is 139 cm³/mol. The molecule has 1 aliphatic heterocycles. The van der Waals surface area contributed by atoms with Gasteiger partial charge in [-0.2, -0.15) is 5.10 Å². The average Bonchev–Trinajstić information content (AvgIpc) is 3.34. The van der Waals surface area contributed by atoms with Crippen LogP contribution >= 0.6 is 0 Å².